The maximum Gasteiger partial charge on any atom is 0.340 e. The molecule has 0 amide bonds. The molecule has 2 aromatic heterocycles. The number of nitrogens with zero attached hydrogens (tertiary/aromatic N) is 3. The van der Waals surface area contributed by atoms with Crippen LogP contribution in [0, 0.1) is 0 Å². The summed E-state index contributed by atoms with van der Waals surface area (Å²) in [6.45, 7) is 4.05. The molecule has 2 aromatic rings. The van der Waals surface area contributed by atoms with Crippen molar-refractivity contribution >= 4 is 5.97 Å². The van der Waals surface area contributed by atoms with Crippen molar-refractivity contribution in [1.29, 1.82) is 0 Å². The first-order chi connectivity index (χ1) is 8.65. The van der Waals surface area contributed by atoms with Crippen LogP contribution in [0.2, 0.25) is 0 Å². The van der Waals surface area contributed by atoms with Gasteiger partial charge in [0.15, 0.2) is 0 Å². The van der Waals surface area contributed by atoms with Crippen LogP contribution in [0.4, 0.5) is 0 Å². The van der Waals surface area contributed by atoms with Gasteiger partial charge in [0.2, 0.25) is 0 Å². The molecule has 0 fully saturated rings. The minimum absolute atomic E-state index is 0.197. The highest BCUT2D eigenvalue weighted by Gasteiger charge is 2.18. The van der Waals surface area contributed by atoms with E-state index < -0.39 is 5.97 Å². The molecule has 0 bridgehead atoms. The van der Waals surface area contributed by atoms with Crippen LogP contribution in [-0.4, -0.2) is 27.8 Å². The van der Waals surface area contributed by atoms with Gasteiger partial charge in [-0.1, -0.05) is 0 Å². The highest BCUT2D eigenvalue weighted by molar-refractivity contribution is 5.95. The number of aromatic nitrogens is 3. The Balaban J connectivity index is 2.57. The summed E-state index contributed by atoms with van der Waals surface area (Å²) in [5.41, 5.74) is 1.85. The molecule has 0 aliphatic carbocycles. The predicted octanol–water partition coefficient (Wildman–Crippen LogP) is 2.31. The van der Waals surface area contributed by atoms with E-state index in [0.717, 1.165) is 5.69 Å². The summed E-state index contributed by atoms with van der Waals surface area (Å²) >= 11 is 0. The van der Waals surface area contributed by atoms with Gasteiger partial charge >= 0.3 is 5.97 Å². The van der Waals surface area contributed by atoms with Gasteiger partial charge in [0.05, 0.1) is 18.4 Å². The van der Waals surface area contributed by atoms with Crippen LogP contribution in [0.3, 0.4) is 0 Å². The molecule has 0 spiro atoms. The number of pyridine rings is 1. The summed E-state index contributed by atoms with van der Waals surface area (Å²) in [4.78, 5) is 16.0. The first-order valence-electron chi connectivity index (χ1n) is 5.72. The summed E-state index contributed by atoms with van der Waals surface area (Å²) in [6, 6.07) is 5.45. The van der Waals surface area contributed by atoms with Gasteiger partial charge < -0.3 is 4.74 Å². The van der Waals surface area contributed by atoms with Gasteiger partial charge in [-0.05, 0) is 32.0 Å². The van der Waals surface area contributed by atoms with Crippen LogP contribution in [0.5, 0.6) is 0 Å². The lowest BCUT2D eigenvalue weighted by molar-refractivity contribution is 0.0601. The molecule has 0 radical (unpaired) electrons. The Morgan fingerprint density at radius 3 is 2.78 bits per heavy atom. The zero-order valence-electron chi connectivity index (χ0n) is 10.6. The van der Waals surface area contributed by atoms with Gasteiger partial charge in [0, 0.05) is 18.4 Å². The van der Waals surface area contributed by atoms with Crippen LogP contribution < -0.4 is 0 Å². The van der Waals surface area contributed by atoms with Gasteiger partial charge in [-0.2, -0.15) is 5.10 Å². The largest absolute Gasteiger partial charge is 0.465 e. The van der Waals surface area contributed by atoms with E-state index in [1.807, 2.05) is 24.6 Å². The Hall–Kier alpha value is -2.17. The van der Waals surface area contributed by atoms with Crippen molar-refractivity contribution in [3.8, 4) is 11.4 Å². The maximum atomic E-state index is 11.7. The SMILES string of the molecule is COC(=O)c1cccnc1-c1ccnn1C(C)C. The Kier molecular flexibility index (Phi) is 3.41. The molecule has 0 aromatic carbocycles. The molecular formula is C13H15N3O2. The van der Waals surface area contributed by atoms with Gasteiger partial charge in [0.1, 0.15) is 5.69 Å². The summed E-state index contributed by atoms with van der Waals surface area (Å²) in [5.74, 6) is -0.394. The van der Waals surface area contributed by atoms with E-state index in [0.29, 0.717) is 11.3 Å². The van der Waals surface area contributed by atoms with Gasteiger partial charge in [0.25, 0.3) is 0 Å². The van der Waals surface area contributed by atoms with Crippen molar-refractivity contribution < 1.29 is 9.53 Å². The van der Waals surface area contributed by atoms with E-state index in [4.69, 9.17) is 4.74 Å². The number of rotatable bonds is 3. The number of carbonyl (C=O) groups excluding carboxylic acids is 1. The number of esters is 1. The van der Waals surface area contributed by atoms with Gasteiger partial charge in [-0.3, -0.25) is 9.67 Å². The third kappa shape index (κ3) is 2.11. The fourth-order valence-corrected chi connectivity index (χ4v) is 1.80. The Morgan fingerprint density at radius 1 is 1.33 bits per heavy atom. The fraction of sp³-hybridized carbons (Fsp3) is 0.308. The third-order valence-corrected chi connectivity index (χ3v) is 2.62. The zero-order chi connectivity index (χ0) is 13.1. The smallest absolute Gasteiger partial charge is 0.340 e. The van der Waals surface area contributed by atoms with Gasteiger partial charge in [-0.25, -0.2) is 4.79 Å². The molecule has 0 atom stereocenters. The summed E-state index contributed by atoms with van der Waals surface area (Å²) in [5, 5.41) is 4.24. The second-order valence-electron chi connectivity index (χ2n) is 4.15. The van der Waals surface area contributed by atoms with Crippen LogP contribution in [-0.2, 0) is 4.74 Å². The summed E-state index contributed by atoms with van der Waals surface area (Å²) in [7, 11) is 1.36. The Morgan fingerprint density at radius 2 is 2.11 bits per heavy atom. The Bertz CT molecular complexity index is 561. The highest BCUT2D eigenvalue weighted by Crippen LogP contribution is 2.23. The van der Waals surface area contributed by atoms with Crippen molar-refractivity contribution in [1.82, 2.24) is 14.8 Å². The van der Waals surface area contributed by atoms with E-state index in [2.05, 4.69) is 10.1 Å². The molecule has 2 heterocycles. The number of methoxy groups -OCH3 is 1. The average Bonchev–Trinajstić information content (AvgIpc) is 2.87. The van der Waals surface area contributed by atoms with Crippen LogP contribution >= 0.6 is 0 Å². The van der Waals surface area contributed by atoms with Crippen LogP contribution in [0.25, 0.3) is 11.4 Å². The fourth-order valence-electron chi connectivity index (χ4n) is 1.80. The predicted molar refractivity (Wildman–Crippen MR) is 67.2 cm³/mol. The van der Waals surface area contributed by atoms with E-state index in [-0.39, 0.29) is 6.04 Å². The monoisotopic (exact) mass is 245 g/mol. The molecule has 94 valence electrons. The van der Waals surface area contributed by atoms with E-state index >= 15 is 0 Å². The second kappa shape index (κ2) is 5.00. The quantitative estimate of drug-likeness (QED) is 0.779. The van der Waals surface area contributed by atoms with Crippen LogP contribution in [0.1, 0.15) is 30.2 Å². The summed E-state index contributed by atoms with van der Waals surface area (Å²) in [6.07, 6.45) is 3.35. The van der Waals surface area contributed by atoms with Crippen LogP contribution in [0.15, 0.2) is 30.6 Å². The van der Waals surface area contributed by atoms with Gasteiger partial charge in [-0.15, -0.1) is 0 Å². The van der Waals surface area contributed by atoms with Crippen molar-refractivity contribution in [2.75, 3.05) is 7.11 Å². The standard InChI is InChI=1S/C13H15N3O2/c1-9(2)16-11(6-8-15-16)12-10(13(17)18-3)5-4-7-14-12/h4-9H,1-3H3. The number of ether oxygens (including phenoxy) is 1. The first kappa shape index (κ1) is 12.3. The minimum atomic E-state index is -0.394. The molecule has 0 aliphatic rings. The lowest BCUT2D eigenvalue weighted by atomic mass is 10.1. The Labute approximate surface area is 105 Å². The third-order valence-electron chi connectivity index (χ3n) is 2.62. The van der Waals surface area contributed by atoms with E-state index in [1.165, 1.54) is 7.11 Å². The normalized spacial score (nSPS) is 10.7. The van der Waals surface area contributed by atoms with E-state index in [1.54, 1.807) is 24.5 Å². The maximum absolute atomic E-state index is 11.7. The van der Waals surface area contributed by atoms with E-state index in [9.17, 15) is 4.79 Å². The molecule has 2 rings (SSSR count). The van der Waals surface area contributed by atoms with Crippen molar-refractivity contribution in [3.05, 3.63) is 36.2 Å². The average molecular weight is 245 g/mol. The summed E-state index contributed by atoms with van der Waals surface area (Å²) < 4.78 is 6.59. The molecule has 0 N–H and O–H groups in total. The topological polar surface area (TPSA) is 57.0 Å². The molecule has 0 aliphatic heterocycles. The minimum Gasteiger partial charge on any atom is -0.465 e. The number of hydrogen-bond acceptors (Lipinski definition) is 4. The molecule has 18 heavy (non-hydrogen) atoms. The highest BCUT2D eigenvalue weighted by atomic mass is 16.5. The molecular weight excluding hydrogens is 230 g/mol. The lowest BCUT2D eigenvalue weighted by Gasteiger charge is -2.12. The van der Waals surface area contributed by atoms with Crippen molar-refractivity contribution in [2.45, 2.75) is 19.9 Å². The van der Waals surface area contributed by atoms with Crippen molar-refractivity contribution in [2.24, 2.45) is 0 Å². The second-order valence-corrected chi connectivity index (χ2v) is 4.15. The molecule has 5 nitrogen and oxygen atoms in total. The number of carbonyl (C=O) groups is 1. The lowest BCUT2D eigenvalue weighted by Crippen LogP contribution is -2.09. The molecule has 5 heteroatoms. The van der Waals surface area contributed by atoms with Crippen molar-refractivity contribution in [3.63, 3.8) is 0 Å². The first-order valence-corrected chi connectivity index (χ1v) is 5.72. The molecule has 0 saturated heterocycles. The number of hydrogen-bond donors (Lipinski definition) is 0. The molecule has 0 unspecified atom stereocenters. The zero-order valence-corrected chi connectivity index (χ0v) is 10.6. The molecule has 0 saturated carbocycles.